The maximum Gasteiger partial charge on any atom is 0.224 e. The number of hydrogen-bond acceptors (Lipinski definition) is 4. The fourth-order valence-corrected chi connectivity index (χ4v) is 3.70. The third-order valence-electron chi connectivity index (χ3n) is 4.87. The van der Waals surface area contributed by atoms with Crippen LogP contribution in [0.4, 0.5) is 0 Å². The molecule has 1 N–H and O–H groups in total. The Morgan fingerprint density at radius 3 is 3.21 bits per heavy atom. The van der Waals surface area contributed by atoms with Crippen LogP contribution >= 0.6 is 0 Å². The van der Waals surface area contributed by atoms with Crippen molar-refractivity contribution in [1.29, 1.82) is 0 Å². The van der Waals surface area contributed by atoms with Gasteiger partial charge in [0.2, 0.25) is 5.91 Å². The van der Waals surface area contributed by atoms with Crippen molar-refractivity contribution < 1.29 is 4.79 Å². The van der Waals surface area contributed by atoms with Crippen LogP contribution in [0.25, 0.3) is 11.5 Å². The molecule has 0 saturated carbocycles. The van der Waals surface area contributed by atoms with Crippen molar-refractivity contribution in [3.63, 3.8) is 0 Å². The predicted molar refractivity (Wildman–Crippen MR) is 90.3 cm³/mol. The lowest BCUT2D eigenvalue weighted by Crippen LogP contribution is -2.26. The van der Waals surface area contributed by atoms with Gasteiger partial charge in [0.1, 0.15) is 5.69 Å². The molecule has 0 radical (unpaired) electrons. The lowest BCUT2D eigenvalue weighted by Gasteiger charge is -2.17. The van der Waals surface area contributed by atoms with Crippen molar-refractivity contribution in [3.05, 3.63) is 24.2 Å². The van der Waals surface area contributed by atoms with Gasteiger partial charge < -0.3 is 14.8 Å². The maximum absolute atomic E-state index is 12.2. The molecule has 0 spiro atoms. The Morgan fingerprint density at radius 1 is 1.42 bits per heavy atom. The van der Waals surface area contributed by atoms with Gasteiger partial charge >= 0.3 is 0 Å². The molecule has 2 aliphatic heterocycles. The number of imidazole rings is 1. The van der Waals surface area contributed by atoms with Gasteiger partial charge in [-0.3, -0.25) is 9.48 Å². The molecule has 128 valence electrons. The first-order valence-electron chi connectivity index (χ1n) is 8.84. The molecule has 1 saturated heterocycles. The third kappa shape index (κ3) is 2.73. The minimum atomic E-state index is 0.154. The quantitative estimate of drug-likeness (QED) is 0.922. The monoisotopic (exact) mass is 328 g/mol. The van der Waals surface area contributed by atoms with E-state index in [1.54, 1.807) is 0 Å². The van der Waals surface area contributed by atoms with Gasteiger partial charge in [-0.25, -0.2) is 4.98 Å². The maximum atomic E-state index is 12.2. The SMILES string of the molecule is CCCN1C[C@H](n2ccnc2-c2cc3n(n2)CCCNC3)CC1=O. The molecule has 7 nitrogen and oxygen atoms in total. The fraction of sp³-hybridized carbons (Fsp3) is 0.588. The minimum absolute atomic E-state index is 0.154. The summed E-state index contributed by atoms with van der Waals surface area (Å²) in [6.07, 6.45) is 6.43. The van der Waals surface area contributed by atoms with E-state index in [0.717, 1.165) is 57.1 Å². The molecule has 4 heterocycles. The molecule has 0 aromatic carbocycles. The van der Waals surface area contributed by atoms with E-state index >= 15 is 0 Å². The molecule has 2 aromatic heterocycles. The molecule has 1 atom stereocenters. The summed E-state index contributed by atoms with van der Waals surface area (Å²) < 4.78 is 4.21. The van der Waals surface area contributed by atoms with E-state index in [0.29, 0.717) is 6.42 Å². The lowest BCUT2D eigenvalue weighted by molar-refractivity contribution is -0.127. The molecule has 1 fully saturated rings. The average Bonchev–Trinajstić information content (AvgIpc) is 3.24. The zero-order valence-corrected chi connectivity index (χ0v) is 14.1. The van der Waals surface area contributed by atoms with Crippen LogP contribution in [-0.4, -0.2) is 49.8 Å². The lowest BCUT2D eigenvalue weighted by atomic mass is 10.2. The molecular formula is C17H24N6O. The van der Waals surface area contributed by atoms with Crippen LogP contribution in [0.2, 0.25) is 0 Å². The van der Waals surface area contributed by atoms with Crippen molar-refractivity contribution in [3.8, 4) is 11.5 Å². The molecule has 2 aliphatic rings. The second kappa shape index (κ2) is 6.39. The van der Waals surface area contributed by atoms with Crippen molar-refractivity contribution in [2.75, 3.05) is 19.6 Å². The highest BCUT2D eigenvalue weighted by atomic mass is 16.2. The number of hydrogen-bond donors (Lipinski definition) is 1. The van der Waals surface area contributed by atoms with E-state index in [1.807, 2.05) is 17.3 Å². The molecule has 0 unspecified atom stereocenters. The second-order valence-electron chi connectivity index (χ2n) is 6.63. The van der Waals surface area contributed by atoms with Crippen LogP contribution in [0.15, 0.2) is 18.5 Å². The summed E-state index contributed by atoms with van der Waals surface area (Å²) in [6, 6.07) is 2.28. The van der Waals surface area contributed by atoms with Crippen molar-refractivity contribution in [2.45, 2.75) is 45.3 Å². The van der Waals surface area contributed by atoms with Gasteiger partial charge in [0.25, 0.3) is 0 Å². The van der Waals surface area contributed by atoms with Gasteiger partial charge in [-0.2, -0.15) is 5.10 Å². The van der Waals surface area contributed by atoms with Gasteiger partial charge in [0.05, 0.1) is 11.7 Å². The standard InChI is InChI=1S/C17H24N6O/c1-2-6-21-12-14(10-16(21)24)22-8-5-19-17(22)15-9-13-11-18-4-3-7-23(13)20-15/h5,8-9,14,18H,2-4,6-7,10-12H2,1H3/t14-/m1/s1. The summed E-state index contributed by atoms with van der Waals surface area (Å²) in [7, 11) is 0. The average molecular weight is 328 g/mol. The summed E-state index contributed by atoms with van der Waals surface area (Å²) in [6.45, 7) is 6.53. The Bertz CT molecular complexity index is 710. The Balaban J connectivity index is 1.60. The van der Waals surface area contributed by atoms with E-state index in [2.05, 4.69) is 32.5 Å². The first kappa shape index (κ1) is 15.4. The van der Waals surface area contributed by atoms with Crippen molar-refractivity contribution in [1.82, 2.24) is 29.5 Å². The number of nitrogens with one attached hydrogen (secondary N) is 1. The smallest absolute Gasteiger partial charge is 0.224 e. The highest BCUT2D eigenvalue weighted by Crippen LogP contribution is 2.28. The number of likely N-dealkylation sites (tertiary alicyclic amines) is 1. The Hall–Kier alpha value is -2.15. The van der Waals surface area contributed by atoms with Gasteiger partial charge in [0.15, 0.2) is 5.82 Å². The van der Waals surface area contributed by atoms with Crippen LogP contribution < -0.4 is 5.32 Å². The number of aromatic nitrogens is 4. The first-order chi connectivity index (χ1) is 11.8. The van der Waals surface area contributed by atoms with Crippen molar-refractivity contribution in [2.24, 2.45) is 0 Å². The largest absolute Gasteiger partial charge is 0.341 e. The van der Waals surface area contributed by atoms with Gasteiger partial charge in [0, 0.05) is 45.0 Å². The van der Waals surface area contributed by atoms with Gasteiger partial charge in [-0.05, 0) is 25.5 Å². The Labute approximate surface area is 141 Å². The van der Waals surface area contributed by atoms with Gasteiger partial charge in [-0.15, -0.1) is 0 Å². The molecule has 24 heavy (non-hydrogen) atoms. The first-order valence-corrected chi connectivity index (χ1v) is 8.84. The second-order valence-corrected chi connectivity index (χ2v) is 6.63. The van der Waals surface area contributed by atoms with E-state index in [-0.39, 0.29) is 11.9 Å². The van der Waals surface area contributed by atoms with E-state index in [4.69, 9.17) is 5.10 Å². The zero-order valence-electron chi connectivity index (χ0n) is 14.1. The Kier molecular flexibility index (Phi) is 4.10. The number of fused-ring (bicyclic) bond motifs is 1. The van der Waals surface area contributed by atoms with Crippen LogP contribution in [0.3, 0.4) is 0 Å². The van der Waals surface area contributed by atoms with E-state index in [1.165, 1.54) is 5.69 Å². The molecule has 0 aliphatic carbocycles. The third-order valence-corrected chi connectivity index (χ3v) is 4.87. The summed E-state index contributed by atoms with van der Waals surface area (Å²) >= 11 is 0. The highest BCUT2D eigenvalue weighted by Gasteiger charge is 2.31. The van der Waals surface area contributed by atoms with E-state index in [9.17, 15) is 4.79 Å². The molecule has 2 aromatic rings. The normalized spacial score (nSPS) is 21.1. The zero-order chi connectivity index (χ0) is 16.5. The number of amides is 1. The number of nitrogens with zero attached hydrogens (tertiary/aromatic N) is 5. The van der Waals surface area contributed by atoms with Gasteiger partial charge in [-0.1, -0.05) is 6.92 Å². The minimum Gasteiger partial charge on any atom is -0.341 e. The molecule has 0 bridgehead atoms. The fourth-order valence-electron chi connectivity index (χ4n) is 3.70. The molecular weight excluding hydrogens is 304 g/mol. The summed E-state index contributed by atoms with van der Waals surface area (Å²) in [4.78, 5) is 18.7. The molecule has 7 heteroatoms. The van der Waals surface area contributed by atoms with Crippen LogP contribution in [0.5, 0.6) is 0 Å². The predicted octanol–water partition coefficient (Wildman–Crippen LogP) is 1.42. The highest BCUT2D eigenvalue weighted by molar-refractivity contribution is 5.79. The topological polar surface area (TPSA) is 68.0 Å². The number of rotatable bonds is 4. The number of carbonyl (C=O) groups excluding carboxylic acids is 1. The Morgan fingerprint density at radius 2 is 2.33 bits per heavy atom. The summed E-state index contributed by atoms with van der Waals surface area (Å²) in [5.41, 5.74) is 2.10. The summed E-state index contributed by atoms with van der Waals surface area (Å²) in [5, 5.41) is 8.17. The molecule has 4 rings (SSSR count). The van der Waals surface area contributed by atoms with Crippen LogP contribution in [-0.2, 0) is 17.9 Å². The van der Waals surface area contributed by atoms with Crippen LogP contribution in [0.1, 0.15) is 37.9 Å². The number of carbonyl (C=O) groups is 1. The summed E-state index contributed by atoms with van der Waals surface area (Å²) in [5.74, 6) is 1.11. The van der Waals surface area contributed by atoms with Crippen LogP contribution in [0, 0.1) is 0 Å². The molecule has 1 amide bonds. The number of aryl methyl sites for hydroxylation is 1. The van der Waals surface area contributed by atoms with E-state index < -0.39 is 0 Å². The van der Waals surface area contributed by atoms with Crippen molar-refractivity contribution >= 4 is 5.91 Å².